The molecule has 0 bridgehead atoms. The fourth-order valence-electron chi connectivity index (χ4n) is 1.51. The number of hydrogen-bond donors (Lipinski definition) is 2. The molecule has 1 aromatic carbocycles. The molecule has 0 aliphatic heterocycles. The second-order valence-corrected chi connectivity index (χ2v) is 8.92. The van der Waals surface area contributed by atoms with Crippen LogP contribution in [0.4, 0.5) is 0 Å². The van der Waals surface area contributed by atoms with Crippen LogP contribution in [0.1, 0.15) is 18.9 Å². The van der Waals surface area contributed by atoms with Crippen LogP contribution in [0.5, 0.6) is 0 Å². The number of hydrogen-bond acceptors (Lipinski definition) is 4. The number of halogens is 1. The summed E-state index contributed by atoms with van der Waals surface area (Å²) in [6, 6.07) is 4.17. The minimum absolute atomic E-state index is 0.0396. The Bertz CT molecular complexity index is 662. The molecular formula is C12H17ClN2O3S3. The van der Waals surface area contributed by atoms with Crippen molar-refractivity contribution >= 4 is 49.6 Å². The second-order valence-electron chi connectivity index (χ2n) is 4.50. The molecule has 5 nitrogen and oxygen atoms in total. The van der Waals surface area contributed by atoms with Crippen LogP contribution in [0.3, 0.4) is 0 Å². The predicted molar refractivity (Wildman–Crippen MR) is 90.7 cm³/mol. The highest BCUT2D eigenvalue weighted by Crippen LogP contribution is 2.20. The Morgan fingerprint density at radius 2 is 2.14 bits per heavy atom. The number of thiocarbonyl (C=S) groups is 1. The minimum Gasteiger partial charge on any atom is -0.389 e. The standard InChI is InChI=1S/C12H17ClN2O3S3/c1-8(20(2)16)5-6-15-21(17,18)9-3-4-10(12(14)19)11(13)7-9/h3-4,7-8,15H,5-6H2,1-2H3,(H2,14,19). The molecule has 9 heteroatoms. The number of nitrogens with two attached hydrogens (primary N) is 1. The summed E-state index contributed by atoms with van der Waals surface area (Å²) in [5, 5.41) is 0.113. The largest absolute Gasteiger partial charge is 0.389 e. The molecule has 0 saturated carbocycles. The van der Waals surface area contributed by atoms with E-state index in [-0.39, 0.29) is 26.7 Å². The van der Waals surface area contributed by atoms with Crippen LogP contribution in [0.25, 0.3) is 0 Å². The van der Waals surface area contributed by atoms with Crippen LogP contribution >= 0.6 is 23.8 Å². The minimum atomic E-state index is -3.66. The van der Waals surface area contributed by atoms with E-state index in [0.717, 1.165) is 0 Å². The lowest BCUT2D eigenvalue weighted by Gasteiger charge is -2.11. The van der Waals surface area contributed by atoms with Crippen molar-refractivity contribution in [2.45, 2.75) is 23.5 Å². The van der Waals surface area contributed by atoms with Crippen molar-refractivity contribution in [1.29, 1.82) is 0 Å². The molecule has 3 N–H and O–H groups in total. The summed E-state index contributed by atoms with van der Waals surface area (Å²) in [4.78, 5) is 0.147. The van der Waals surface area contributed by atoms with Crippen LogP contribution in [-0.4, -0.2) is 35.7 Å². The Kier molecular flexibility index (Phi) is 6.73. The van der Waals surface area contributed by atoms with Crippen LogP contribution in [-0.2, 0) is 20.8 Å². The average Bonchev–Trinajstić information content (AvgIpc) is 2.37. The van der Waals surface area contributed by atoms with Crippen molar-refractivity contribution in [2.24, 2.45) is 5.73 Å². The van der Waals surface area contributed by atoms with Crippen molar-refractivity contribution in [3.8, 4) is 0 Å². The van der Waals surface area contributed by atoms with E-state index in [4.69, 9.17) is 29.6 Å². The van der Waals surface area contributed by atoms with Gasteiger partial charge in [0, 0.05) is 34.4 Å². The summed E-state index contributed by atoms with van der Waals surface area (Å²) in [6.07, 6.45) is 2.08. The zero-order chi connectivity index (χ0) is 16.2. The molecule has 2 atom stereocenters. The molecule has 0 aliphatic rings. The van der Waals surface area contributed by atoms with Gasteiger partial charge in [-0.05, 0) is 24.6 Å². The van der Waals surface area contributed by atoms with E-state index in [9.17, 15) is 12.6 Å². The zero-order valence-electron chi connectivity index (χ0n) is 11.6. The first-order valence-corrected chi connectivity index (χ1v) is 9.95. The molecule has 2 unspecified atom stereocenters. The lowest BCUT2D eigenvalue weighted by molar-refractivity contribution is 0.578. The second kappa shape index (κ2) is 7.64. The van der Waals surface area contributed by atoms with Gasteiger partial charge in [0.1, 0.15) is 4.99 Å². The summed E-state index contributed by atoms with van der Waals surface area (Å²) in [7, 11) is -4.64. The van der Waals surface area contributed by atoms with Crippen LogP contribution in [0.15, 0.2) is 23.1 Å². The van der Waals surface area contributed by atoms with Crippen molar-refractivity contribution in [3.63, 3.8) is 0 Å². The van der Waals surface area contributed by atoms with E-state index < -0.39 is 20.8 Å². The van der Waals surface area contributed by atoms with Crippen molar-refractivity contribution in [2.75, 3.05) is 12.8 Å². The Morgan fingerprint density at radius 1 is 1.52 bits per heavy atom. The van der Waals surface area contributed by atoms with Crippen LogP contribution in [0, 0.1) is 0 Å². The highest BCUT2D eigenvalue weighted by molar-refractivity contribution is 7.89. The Hall–Kier alpha value is -0.540. The van der Waals surface area contributed by atoms with Gasteiger partial charge in [-0.1, -0.05) is 30.7 Å². The zero-order valence-corrected chi connectivity index (χ0v) is 14.8. The van der Waals surface area contributed by atoms with E-state index in [0.29, 0.717) is 12.0 Å². The highest BCUT2D eigenvalue weighted by Gasteiger charge is 2.17. The van der Waals surface area contributed by atoms with E-state index in [1.807, 2.05) is 0 Å². The maximum absolute atomic E-state index is 12.1. The molecule has 0 saturated heterocycles. The molecule has 21 heavy (non-hydrogen) atoms. The first-order chi connectivity index (χ1) is 9.65. The first kappa shape index (κ1) is 18.5. The smallest absolute Gasteiger partial charge is 0.240 e. The van der Waals surface area contributed by atoms with Gasteiger partial charge in [-0.15, -0.1) is 0 Å². The van der Waals surface area contributed by atoms with E-state index in [2.05, 4.69) is 4.72 Å². The van der Waals surface area contributed by atoms with E-state index in [1.165, 1.54) is 18.2 Å². The highest BCUT2D eigenvalue weighted by atomic mass is 35.5. The molecule has 0 amide bonds. The third-order valence-corrected chi connectivity index (χ3v) is 6.29. The maximum Gasteiger partial charge on any atom is 0.240 e. The Labute approximate surface area is 137 Å². The summed E-state index contributed by atoms with van der Waals surface area (Å²) in [5.74, 6) is 0. The van der Waals surface area contributed by atoms with Crippen LogP contribution in [0.2, 0.25) is 5.02 Å². The third-order valence-electron chi connectivity index (χ3n) is 2.93. The molecule has 0 fully saturated rings. The van der Waals surface area contributed by atoms with Gasteiger partial charge in [-0.2, -0.15) is 0 Å². The summed E-state index contributed by atoms with van der Waals surface area (Å²) in [6.45, 7) is 2.01. The lowest BCUT2D eigenvalue weighted by Crippen LogP contribution is -2.27. The van der Waals surface area contributed by atoms with Crippen LogP contribution < -0.4 is 10.5 Å². The number of sulfonamides is 1. The molecule has 0 aliphatic carbocycles. The van der Waals surface area contributed by atoms with Gasteiger partial charge >= 0.3 is 0 Å². The number of rotatable bonds is 7. The SMILES string of the molecule is CC(CCNS(=O)(=O)c1ccc(C(N)=S)c(Cl)c1)S(C)=O. The monoisotopic (exact) mass is 368 g/mol. The maximum atomic E-state index is 12.1. The third kappa shape index (κ3) is 5.30. The van der Waals surface area contributed by atoms with Gasteiger partial charge < -0.3 is 5.73 Å². The Balaban J connectivity index is 2.82. The van der Waals surface area contributed by atoms with Gasteiger partial charge in [0.15, 0.2) is 0 Å². The topological polar surface area (TPSA) is 89.3 Å². The molecule has 118 valence electrons. The lowest BCUT2D eigenvalue weighted by atomic mass is 10.2. The van der Waals surface area contributed by atoms with Crippen molar-refractivity contribution in [1.82, 2.24) is 4.72 Å². The fourth-order valence-corrected chi connectivity index (χ4v) is 3.61. The van der Waals surface area contributed by atoms with Gasteiger partial charge in [-0.25, -0.2) is 13.1 Å². The normalized spacial score (nSPS) is 14.6. The van der Waals surface area contributed by atoms with E-state index in [1.54, 1.807) is 13.2 Å². The molecule has 1 rings (SSSR count). The molecule has 1 aromatic rings. The molecule has 0 aromatic heterocycles. The predicted octanol–water partition coefficient (Wildman–Crippen LogP) is 1.41. The average molecular weight is 369 g/mol. The molecule has 0 radical (unpaired) electrons. The Morgan fingerprint density at radius 3 is 2.62 bits per heavy atom. The quantitative estimate of drug-likeness (QED) is 0.710. The summed E-state index contributed by atoms with van der Waals surface area (Å²) in [5.41, 5.74) is 5.90. The van der Waals surface area contributed by atoms with Gasteiger partial charge in [-0.3, -0.25) is 4.21 Å². The number of benzene rings is 1. The fraction of sp³-hybridized carbons (Fsp3) is 0.417. The van der Waals surface area contributed by atoms with Gasteiger partial charge in [0.05, 0.1) is 9.92 Å². The molecule has 0 heterocycles. The first-order valence-electron chi connectivity index (χ1n) is 6.06. The molecule has 0 spiro atoms. The molecular weight excluding hydrogens is 352 g/mol. The summed E-state index contributed by atoms with van der Waals surface area (Å²) >= 11 is 10.8. The number of nitrogens with one attached hydrogen (secondary N) is 1. The van der Waals surface area contributed by atoms with Crippen molar-refractivity contribution < 1.29 is 12.6 Å². The van der Waals surface area contributed by atoms with Crippen molar-refractivity contribution in [3.05, 3.63) is 28.8 Å². The van der Waals surface area contributed by atoms with Gasteiger partial charge in [0.2, 0.25) is 10.0 Å². The van der Waals surface area contributed by atoms with E-state index >= 15 is 0 Å². The van der Waals surface area contributed by atoms with Gasteiger partial charge in [0.25, 0.3) is 0 Å². The summed E-state index contributed by atoms with van der Waals surface area (Å²) < 4.78 is 37.9.